The van der Waals surface area contributed by atoms with E-state index in [2.05, 4.69) is 25.5 Å². The van der Waals surface area contributed by atoms with Gasteiger partial charge in [-0.05, 0) is 18.2 Å². The molecule has 5 N–H and O–H groups in total. The molecule has 0 amide bonds. The van der Waals surface area contributed by atoms with E-state index in [9.17, 15) is 9.90 Å². The molecule has 3 heterocycles. The van der Waals surface area contributed by atoms with Crippen LogP contribution in [0.5, 0.6) is 0 Å². The number of nitrogen functional groups attached to an aromatic ring is 1. The molecule has 3 aromatic heterocycles. The van der Waals surface area contributed by atoms with Gasteiger partial charge in [0.05, 0.1) is 23.0 Å². The van der Waals surface area contributed by atoms with Crippen molar-refractivity contribution in [1.29, 1.82) is 0 Å². The summed E-state index contributed by atoms with van der Waals surface area (Å²) in [6.45, 7) is 0. The van der Waals surface area contributed by atoms with Gasteiger partial charge in [-0.2, -0.15) is 5.10 Å². The zero-order valence-corrected chi connectivity index (χ0v) is 12.3. The predicted octanol–water partition coefficient (Wildman–Crippen LogP) is 2.53. The summed E-state index contributed by atoms with van der Waals surface area (Å²) in [6.07, 6.45) is 4.89. The predicted molar refractivity (Wildman–Crippen MR) is 90.3 cm³/mol. The second kappa shape index (κ2) is 5.20. The highest BCUT2D eigenvalue weighted by molar-refractivity contribution is 6.11. The molecule has 4 aromatic rings. The molecule has 4 rings (SSSR count). The third kappa shape index (κ3) is 2.17. The summed E-state index contributed by atoms with van der Waals surface area (Å²) in [7, 11) is 0. The van der Waals surface area contributed by atoms with E-state index in [4.69, 9.17) is 5.73 Å². The summed E-state index contributed by atoms with van der Waals surface area (Å²) < 4.78 is 0. The Bertz CT molecular complexity index is 1090. The smallest absolute Gasteiger partial charge is 0.335 e. The number of H-pyrrole nitrogens is 1. The first-order valence-electron chi connectivity index (χ1n) is 7.10. The van der Waals surface area contributed by atoms with Gasteiger partial charge in [-0.25, -0.2) is 9.78 Å². The van der Waals surface area contributed by atoms with Gasteiger partial charge >= 0.3 is 5.97 Å². The number of aromatic amines is 1. The fourth-order valence-corrected chi connectivity index (χ4v) is 2.59. The molecule has 0 fully saturated rings. The minimum Gasteiger partial charge on any atom is -0.478 e. The van der Waals surface area contributed by atoms with Gasteiger partial charge in [-0.15, -0.1) is 0 Å². The number of carbonyl (C=O) groups is 1. The van der Waals surface area contributed by atoms with Crippen LogP contribution in [0.25, 0.3) is 21.7 Å². The SMILES string of the molecule is Nc1cn[nH]c1Nc1nc2cc(C(=O)O)ccc2c2cnccc12. The number of fused-ring (bicyclic) bond motifs is 3. The van der Waals surface area contributed by atoms with Gasteiger partial charge < -0.3 is 16.2 Å². The quantitative estimate of drug-likeness (QED) is 0.427. The molecular weight excluding hydrogens is 308 g/mol. The number of hydrogen-bond donors (Lipinski definition) is 4. The lowest BCUT2D eigenvalue weighted by molar-refractivity contribution is 0.0697. The van der Waals surface area contributed by atoms with Crippen molar-refractivity contribution in [3.63, 3.8) is 0 Å². The average molecular weight is 320 g/mol. The van der Waals surface area contributed by atoms with Crippen molar-refractivity contribution in [2.45, 2.75) is 0 Å². The summed E-state index contributed by atoms with van der Waals surface area (Å²) in [6, 6.07) is 6.66. The van der Waals surface area contributed by atoms with E-state index in [-0.39, 0.29) is 5.56 Å². The summed E-state index contributed by atoms with van der Waals surface area (Å²) in [5, 5.41) is 21.4. The molecule has 0 bridgehead atoms. The van der Waals surface area contributed by atoms with Crippen LogP contribution >= 0.6 is 0 Å². The van der Waals surface area contributed by atoms with Crippen LogP contribution in [0, 0.1) is 0 Å². The Hall–Kier alpha value is -3.68. The fraction of sp³-hybridized carbons (Fsp3) is 0. The molecule has 0 saturated heterocycles. The number of rotatable bonds is 3. The summed E-state index contributed by atoms with van der Waals surface area (Å²) in [5.74, 6) is 0.0602. The number of anilines is 3. The van der Waals surface area contributed by atoms with Crippen molar-refractivity contribution >= 4 is 45.0 Å². The van der Waals surface area contributed by atoms with Gasteiger partial charge in [0.25, 0.3) is 0 Å². The molecule has 1 aromatic carbocycles. The number of carboxylic acid groups (broad SMARTS) is 1. The van der Waals surface area contributed by atoms with Crippen molar-refractivity contribution in [3.8, 4) is 0 Å². The summed E-state index contributed by atoms with van der Waals surface area (Å²) >= 11 is 0. The van der Waals surface area contributed by atoms with E-state index in [1.165, 1.54) is 12.3 Å². The standard InChI is InChI=1S/C16H12N6O2/c17-12-7-19-22-15(12)21-14-10-3-4-18-6-11(10)9-2-1-8(16(23)24)5-13(9)20-14/h1-7H,17H2,(H,23,24)(H2,19,20,21,22). The highest BCUT2D eigenvalue weighted by Gasteiger charge is 2.12. The molecule has 0 saturated carbocycles. The van der Waals surface area contributed by atoms with Gasteiger partial charge in [-0.3, -0.25) is 10.1 Å². The number of pyridine rings is 2. The van der Waals surface area contributed by atoms with Crippen molar-refractivity contribution in [3.05, 3.63) is 48.4 Å². The van der Waals surface area contributed by atoms with Crippen LogP contribution in [0.2, 0.25) is 0 Å². The summed E-state index contributed by atoms with van der Waals surface area (Å²) in [5.41, 5.74) is 7.02. The van der Waals surface area contributed by atoms with Crippen molar-refractivity contribution in [2.75, 3.05) is 11.1 Å². The minimum atomic E-state index is -1.00. The van der Waals surface area contributed by atoms with E-state index >= 15 is 0 Å². The number of nitrogens with two attached hydrogens (primary N) is 1. The van der Waals surface area contributed by atoms with E-state index in [0.717, 1.165) is 16.2 Å². The Morgan fingerprint density at radius 2 is 2.04 bits per heavy atom. The summed E-state index contributed by atoms with van der Waals surface area (Å²) in [4.78, 5) is 19.9. The number of hydrogen-bond acceptors (Lipinski definition) is 6. The normalized spacial score (nSPS) is 11.0. The molecule has 0 aliphatic rings. The Kier molecular flexibility index (Phi) is 3.02. The Balaban J connectivity index is 1.99. The van der Waals surface area contributed by atoms with Crippen LogP contribution < -0.4 is 11.1 Å². The lowest BCUT2D eigenvalue weighted by atomic mass is 10.1. The van der Waals surface area contributed by atoms with Crippen molar-refractivity contribution < 1.29 is 9.90 Å². The first kappa shape index (κ1) is 13.9. The molecule has 8 heteroatoms. The maximum absolute atomic E-state index is 11.2. The number of aromatic carboxylic acids is 1. The number of benzene rings is 1. The molecule has 118 valence electrons. The highest BCUT2D eigenvalue weighted by atomic mass is 16.4. The van der Waals surface area contributed by atoms with E-state index in [1.54, 1.807) is 24.5 Å². The minimum absolute atomic E-state index is 0.172. The number of nitrogens with zero attached hydrogens (tertiary/aromatic N) is 3. The first-order valence-corrected chi connectivity index (χ1v) is 7.10. The molecule has 0 atom stereocenters. The lowest BCUT2D eigenvalue weighted by Gasteiger charge is -2.11. The maximum Gasteiger partial charge on any atom is 0.335 e. The monoisotopic (exact) mass is 320 g/mol. The molecular formula is C16H12N6O2. The van der Waals surface area contributed by atoms with Gasteiger partial charge in [0.1, 0.15) is 5.82 Å². The fourth-order valence-electron chi connectivity index (χ4n) is 2.59. The van der Waals surface area contributed by atoms with Crippen molar-refractivity contribution in [1.82, 2.24) is 20.2 Å². The number of carboxylic acids is 1. The molecule has 8 nitrogen and oxygen atoms in total. The van der Waals surface area contributed by atoms with Crippen LogP contribution in [0.4, 0.5) is 17.3 Å². The lowest BCUT2D eigenvalue weighted by Crippen LogP contribution is -2.01. The topological polar surface area (TPSA) is 130 Å². The Morgan fingerprint density at radius 1 is 1.17 bits per heavy atom. The number of nitrogens with one attached hydrogen (secondary N) is 2. The second-order valence-electron chi connectivity index (χ2n) is 5.24. The first-order chi connectivity index (χ1) is 11.6. The van der Waals surface area contributed by atoms with Gasteiger partial charge in [0, 0.05) is 28.6 Å². The molecule has 0 aliphatic heterocycles. The van der Waals surface area contributed by atoms with E-state index in [0.29, 0.717) is 22.8 Å². The molecule has 0 aliphatic carbocycles. The van der Waals surface area contributed by atoms with Crippen LogP contribution in [0.1, 0.15) is 10.4 Å². The Morgan fingerprint density at radius 3 is 2.79 bits per heavy atom. The maximum atomic E-state index is 11.2. The van der Waals surface area contributed by atoms with Crippen LogP contribution in [-0.4, -0.2) is 31.2 Å². The van der Waals surface area contributed by atoms with Crippen LogP contribution in [0.3, 0.4) is 0 Å². The van der Waals surface area contributed by atoms with Gasteiger partial charge in [0.15, 0.2) is 5.82 Å². The van der Waals surface area contributed by atoms with Crippen molar-refractivity contribution in [2.24, 2.45) is 0 Å². The molecule has 0 unspecified atom stereocenters. The third-order valence-electron chi connectivity index (χ3n) is 3.76. The second-order valence-corrected chi connectivity index (χ2v) is 5.24. The van der Waals surface area contributed by atoms with Crippen LogP contribution in [-0.2, 0) is 0 Å². The molecule has 24 heavy (non-hydrogen) atoms. The highest BCUT2D eigenvalue weighted by Crippen LogP contribution is 2.31. The zero-order valence-electron chi connectivity index (χ0n) is 12.3. The Labute approximate surface area is 135 Å². The average Bonchev–Trinajstić information content (AvgIpc) is 2.99. The van der Waals surface area contributed by atoms with Gasteiger partial charge in [-0.1, -0.05) is 6.07 Å². The zero-order chi connectivity index (χ0) is 16.7. The number of aromatic nitrogens is 4. The van der Waals surface area contributed by atoms with Crippen LogP contribution in [0.15, 0.2) is 42.9 Å². The van der Waals surface area contributed by atoms with Gasteiger partial charge in [0.2, 0.25) is 0 Å². The molecule has 0 spiro atoms. The van der Waals surface area contributed by atoms with E-state index in [1.807, 2.05) is 6.07 Å². The third-order valence-corrected chi connectivity index (χ3v) is 3.76. The molecule has 0 radical (unpaired) electrons. The van der Waals surface area contributed by atoms with E-state index < -0.39 is 5.97 Å². The largest absolute Gasteiger partial charge is 0.478 e.